The Kier molecular flexibility index (Phi) is 3.58. The first kappa shape index (κ1) is 9.86. The largest absolute Gasteiger partial charge is 0.396 e. The molecule has 0 aliphatic heterocycles. The molecule has 3 heteroatoms. The Morgan fingerprint density at radius 1 is 1.62 bits per heavy atom. The van der Waals surface area contributed by atoms with Crippen LogP contribution in [0.5, 0.6) is 0 Å². The summed E-state index contributed by atoms with van der Waals surface area (Å²) >= 11 is 0. The van der Waals surface area contributed by atoms with E-state index in [1.807, 2.05) is 12.2 Å². The molecular formula is C10H12FNO. The molecular weight excluding hydrogens is 169 g/mol. The van der Waals surface area contributed by atoms with E-state index in [4.69, 9.17) is 5.11 Å². The number of hydrogen-bond acceptors (Lipinski definition) is 2. The van der Waals surface area contributed by atoms with E-state index in [9.17, 15) is 4.39 Å². The second kappa shape index (κ2) is 4.72. The molecule has 0 saturated heterocycles. The number of rotatable bonds is 3. The lowest BCUT2D eigenvalue weighted by Gasteiger charge is -1.96. The van der Waals surface area contributed by atoms with Gasteiger partial charge in [0, 0.05) is 18.4 Å². The second-order valence-electron chi connectivity index (χ2n) is 2.79. The smallest absolute Gasteiger partial charge is 0.215 e. The van der Waals surface area contributed by atoms with Crippen LogP contribution in [0.3, 0.4) is 0 Å². The van der Waals surface area contributed by atoms with Crippen molar-refractivity contribution in [2.45, 2.75) is 13.3 Å². The summed E-state index contributed by atoms with van der Waals surface area (Å²) < 4.78 is 12.7. The predicted octanol–water partition coefficient (Wildman–Crippen LogP) is 1.92. The highest BCUT2D eigenvalue weighted by molar-refractivity contribution is 5.48. The topological polar surface area (TPSA) is 33.1 Å². The van der Waals surface area contributed by atoms with Crippen LogP contribution in [0.4, 0.5) is 4.39 Å². The van der Waals surface area contributed by atoms with Gasteiger partial charge in [-0.2, -0.15) is 4.39 Å². The summed E-state index contributed by atoms with van der Waals surface area (Å²) in [6.07, 6.45) is 5.72. The second-order valence-corrected chi connectivity index (χ2v) is 2.79. The number of hydrogen-bond donors (Lipinski definition) is 1. The molecule has 0 saturated carbocycles. The van der Waals surface area contributed by atoms with E-state index in [0.717, 1.165) is 5.56 Å². The highest BCUT2D eigenvalue weighted by Crippen LogP contribution is 2.07. The van der Waals surface area contributed by atoms with E-state index < -0.39 is 5.95 Å². The molecule has 0 aliphatic carbocycles. The van der Waals surface area contributed by atoms with E-state index in [1.54, 1.807) is 13.0 Å². The van der Waals surface area contributed by atoms with Crippen molar-refractivity contribution < 1.29 is 9.50 Å². The van der Waals surface area contributed by atoms with Crippen LogP contribution in [-0.2, 0) is 0 Å². The number of aryl methyl sites for hydroxylation is 1. The average molecular weight is 181 g/mol. The minimum atomic E-state index is -0.431. The molecule has 0 amide bonds. The lowest BCUT2D eigenvalue weighted by atomic mass is 10.2. The molecule has 0 spiro atoms. The van der Waals surface area contributed by atoms with E-state index >= 15 is 0 Å². The molecule has 0 fully saturated rings. The van der Waals surface area contributed by atoms with Crippen LogP contribution in [0, 0.1) is 12.9 Å². The van der Waals surface area contributed by atoms with Crippen molar-refractivity contribution >= 4 is 6.08 Å². The summed E-state index contributed by atoms with van der Waals surface area (Å²) in [6.45, 7) is 1.80. The first-order chi connectivity index (χ1) is 6.24. The van der Waals surface area contributed by atoms with Crippen LogP contribution in [0.15, 0.2) is 18.3 Å². The minimum Gasteiger partial charge on any atom is -0.396 e. The van der Waals surface area contributed by atoms with Crippen LogP contribution in [0.2, 0.25) is 0 Å². The Hall–Kier alpha value is -1.22. The monoisotopic (exact) mass is 181 g/mol. The van der Waals surface area contributed by atoms with Gasteiger partial charge in [-0.25, -0.2) is 4.98 Å². The maximum absolute atomic E-state index is 12.7. The maximum Gasteiger partial charge on any atom is 0.215 e. The van der Waals surface area contributed by atoms with E-state index in [0.29, 0.717) is 12.0 Å². The summed E-state index contributed by atoms with van der Waals surface area (Å²) in [5, 5.41) is 8.52. The van der Waals surface area contributed by atoms with Crippen LogP contribution in [0.1, 0.15) is 17.5 Å². The van der Waals surface area contributed by atoms with Gasteiger partial charge in [-0.3, -0.25) is 0 Å². The van der Waals surface area contributed by atoms with Gasteiger partial charge >= 0.3 is 0 Å². The van der Waals surface area contributed by atoms with E-state index in [2.05, 4.69) is 4.98 Å². The van der Waals surface area contributed by atoms with Gasteiger partial charge in [-0.1, -0.05) is 12.2 Å². The van der Waals surface area contributed by atoms with E-state index in [-0.39, 0.29) is 6.61 Å². The third-order valence-electron chi connectivity index (χ3n) is 1.64. The highest BCUT2D eigenvalue weighted by atomic mass is 19.1. The molecule has 2 nitrogen and oxygen atoms in total. The molecule has 0 bridgehead atoms. The quantitative estimate of drug-likeness (QED) is 0.723. The Bertz CT molecular complexity index is 310. The van der Waals surface area contributed by atoms with Crippen molar-refractivity contribution in [3.05, 3.63) is 35.4 Å². The van der Waals surface area contributed by atoms with Gasteiger partial charge in [-0.05, 0) is 25.0 Å². The number of aliphatic hydroxyl groups excluding tert-OH is 1. The molecule has 1 aromatic heterocycles. The first-order valence-corrected chi connectivity index (χ1v) is 4.13. The molecule has 1 rings (SSSR count). The lowest BCUT2D eigenvalue weighted by molar-refractivity contribution is 0.303. The number of aromatic nitrogens is 1. The molecule has 1 aromatic rings. The fraction of sp³-hybridized carbons (Fsp3) is 0.300. The van der Waals surface area contributed by atoms with Crippen molar-refractivity contribution in [2.75, 3.05) is 6.61 Å². The third kappa shape index (κ3) is 2.95. The Balaban J connectivity index is 2.73. The van der Waals surface area contributed by atoms with Gasteiger partial charge in [0.05, 0.1) is 0 Å². The van der Waals surface area contributed by atoms with Gasteiger partial charge in [0.25, 0.3) is 0 Å². The van der Waals surface area contributed by atoms with Crippen LogP contribution >= 0.6 is 0 Å². The fourth-order valence-corrected chi connectivity index (χ4v) is 0.965. The Morgan fingerprint density at radius 2 is 2.38 bits per heavy atom. The van der Waals surface area contributed by atoms with Crippen molar-refractivity contribution in [3.8, 4) is 0 Å². The normalized spacial score (nSPS) is 11.0. The predicted molar refractivity (Wildman–Crippen MR) is 49.7 cm³/mol. The van der Waals surface area contributed by atoms with Crippen molar-refractivity contribution in [1.82, 2.24) is 4.98 Å². The standard InChI is InChI=1S/C10H12FNO/c1-8-6-9(4-2-3-5-13)7-12-10(8)11/h2,4,6-7,13H,3,5H2,1H3. The number of aliphatic hydroxyl groups is 1. The van der Waals surface area contributed by atoms with Crippen molar-refractivity contribution in [2.24, 2.45) is 0 Å². The van der Waals surface area contributed by atoms with E-state index in [1.165, 1.54) is 6.20 Å². The molecule has 0 aromatic carbocycles. The molecule has 0 atom stereocenters. The summed E-state index contributed by atoms with van der Waals surface area (Å²) in [5.41, 5.74) is 1.39. The summed E-state index contributed by atoms with van der Waals surface area (Å²) in [6, 6.07) is 1.72. The molecule has 13 heavy (non-hydrogen) atoms. The zero-order valence-corrected chi connectivity index (χ0v) is 7.50. The minimum absolute atomic E-state index is 0.129. The molecule has 0 unspecified atom stereocenters. The Labute approximate surface area is 76.7 Å². The molecule has 1 heterocycles. The van der Waals surface area contributed by atoms with Crippen LogP contribution in [0.25, 0.3) is 6.08 Å². The number of pyridine rings is 1. The van der Waals surface area contributed by atoms with Gasteiger partial charge in [0.1, 0.15) is 0 Å². The average Bonchev–Trinajstić information content (AvgIpc) is 2.12. The maximum atomic E-state index is 12.7. The molecule has 70 valence electrons. The molecule has 1 N–H and O–H groups in total. The molecule has 0 radical (unpaired) electrons. The zero-order valence-electron chi connectivity index (χ0n) is 7.50. The van der Waals surface area contributed by atoms with Gasteiger partial charge in [-0.15, -0.1) is 0 Å². The summed E-state index contributed by atoms with van der Waals surface area (Å²) in [5.74, 6) is -0.431. The Morgan fingerprint density at radius 3 is 3.00 bits per heavy atom. The van der Waals surface area contributed by atoms with Gasteiger partial charge in [0.2, 0.25) is 5.95 Å². The first-order valence-electron chi connectivity index (χ1n) is 4.13. The van der Waals surface area contributed by atoms with Crippen LogP contribution < -0.4 is 0 Å². The summed E-state index contributed by atoms with van der Waals surface area (Å²) in [4.78, 5) is 3.58. The van der Waals surface area contributed by atoms with Gasteiger partial charge < -0.3 is 5.11 Å². The van der Waals surface area contributed by atoms with Gasteiger partial charge in [0.15, 0.2) is 0 Å². The zero-order chi connectivity index (χ0) is 9.68. The summed E-state index contributed by atoms with van der Waals surface area (Å²) in [7, 11) is 0. The third-order valence-corrected chi connectivity index (χ3v) is 1.64. The lowest BCUT2D eigenvalue weighted by Crippen LogP contribution is -1.88. The number of halogens is 1. The molecule has 0 aliphatic rings. The van der Waals surface area contributed by atoms with Crippen LogP contribution in [-0.4, -0.2) is 16.7 Å². The van der Waals surface area contributed by atoms with Crippen molar-refractivity contribution in [1.29, 1.82) is 0 Å². The number of nitrogens with zero attached hydrogens (tertiary/aromatic N) is 1. The fourth-order valence-electron chi connectivity index (χ4n) is 0.965. The SMILES string of the molecule is Cc1cc(C=CCCO)cnc1F. The highest BCUT2D eigenvalue weighted by Gasteiger charge is 1.96. The van der Waals surface area contributed by atoms with Crippen molar-refractivity contribution in [3.63, 3.8) is 0 Å².